The Kier molecular flexibility index (Phi) is 2.98. The highest BCUT2D eigenvalue weighted by molar-refractivity contribution is 5.92. The maximum Gasteiger partial charge on any atom is 0.338 e. The van der Waals surface area contributed by atoms with Gasteiger partial charge in [0.1, 0.15) is 12.4 Å². The minimum absolute atomic E-state index is 0.331. The van der Waals surface area contributed by atoms with Crippen LogP contribution in [0.3, 0.4) is 0 Å². The SMILES string of the molecule is COC(=O)C1=C(C)Nc2ncnn2[C@@H]1c1ccccc1. The number of carbonyl (C=O) groups is 1. The molecule has 1 aromatic heterocycles. The molecule has 2 aromatic rings. The van der Waals surface area contributed by atoms with E-state index in [1.165, 1.54) is 13.4 Å². The second kappa shape index (κ2) is 4.80. The number of anilines is 1. The van der Waals surface area contributed by atoms with Crippen LogP contribution in [0.2, 0.25) is 0 Å². The highest BCUT2D eigenvalue weighted by Crippen LogP contribution is 2.34. The molecule has 20 heavy (non-hydrogen) atoms. The smallest absolute Gasteiger partial charge is 0.338 e. The van der Waals surface area contributed by atoms with Crippen molar-refractivity contribution in [1.29, 1.82) is 0 Å². The van der Waals surface area contributed by atoms with Crippen molar-refractivity contribution in [2.45, 2.75) is 13.0 Å². The second-order valence-corrected chi connectivity index (χ2v) is 4.50. The largest absolute Gasteiger partial charge is 0.466 e. The number of nitrogens with one attached hydrogen (secondary N) is 1. The number of methoxy groups -OCH3 is 1. The van der Waals surface area contributed by atoms with E-state index in [9.17, 15) is 4.79 Å². The van der Waals surface area contributed by atoms with Crippen LogP contribution >= 0.6 is 0 Å². The lowest BCUT2D eigenvalue weighted by atomic mass is 9.96. The molecule has 102 valence electrons. The van der Waals surface area contributed by atoms with Gasteiger partial charge in [0.15, 0.2) is 0 Å². The van der Waals surface area contributed by atoms with Gasteiger partial charge in [-0.3, -0.25) is 0 Å². The van der Waals surface area contributed by atoms with Crippen LogP contribution in [-0.4, -0.2) is 27.8 Å². The number of hydrogen-bond acceptors (Lipinski definition) is 5. The van der Waals surface area contributed by atoms with Crippen LogP contribution in [-0.2, 0) is 9.53 Å². The fraction of sp³-hybridized carbons (Fsp3) is 0.214. The van der Waals surface area contributed by atoms with Crippen molar-refractivity contribution >= 4 is 11.9 Å². The lowest BCUT2D eigenvalue weighted by molar-refractivity contribution is -0.136. The van der Waals surface area contributed by atoms with Gasteiger partial charge in [-0.05, 0) is 12.5 Å². The van der Waals surface area contributed by atoms with Gasteiger partial charge in [-0.2, -0.15) is 10.1 Å². The summed E-state index contributed by atoms with van der Waals surface area (Å²) >= 11 is 0. The zero-order chi connectivity index (χ0) is 14.1. The van der Waals surface area contributed by atoms with Gasteiger partial charge >= 0.3 is 5.97 Å². The summed E-state index contributed by atoms with van der Waals surface area (Å²) in [7, 11) is 1.38. The molecule has 0 unspecified atom stereocenters. The summed E-state index contributed by atoms with van der Waals surface area (Å²) in [4.78, 5) is 16.3. The molecular formula is C14H14N4O2. The van der Waals surface area contributed by atoms with Crippen molar-refractivity contribution in [3.63, 3.8) is 0 Å². The first-order chi connectivity index (χ1) is 9.72. The number of rotatable bonds is 2. The lowest BCUT2D eigenvalue weighted by Crippen LogP contribution is -2.29. The average Bonchev–Trinajstić information content (AvgIpc) is 2.93. The summed E-state index contributed by atoms with van der Waals surface area (Å²) in [5.74, 6) is 0.244. The van der Waals surface area contributed by atoms with Crippen LogP contribution in [0.5, 0.6) is 0 Å². The highest BCUT2D eigenvalue weighted by atomic mass is 16.5. The summed E-state index contributed by atoms with van der Waals surface area (Å²) in [6.07, 6.45) is 1.46. The first-order valence-electron chi connectivity index (χ1n) is 6.23. The van der Waals surface area contributed by atoms with Crippen molar-refractivity contribution in [3.05, 3.63) is 53.5 Å². The van der Waals surface area contributed by atoms with E-state index in [2.05, 4.69) is 15.4 Å². The predicted octanol–water partition coefficient (Wildman–Crippen LogP) is 1.74. The summed E-state index contributed by atoms with van der Waals surface area (Å²) < 4.78 is 6.59. The molecule has 0 aliphatic carbocycles. The number of ether oxygens (including phenoxy) is 1. The van der Waals surface area contributed by atoms with Gasteiger partial charge in [-0.1, -0.05) is 30.3 Å². The number of nitrogens with zero attached hydrogens (tertiary/aromatic N) is 3. The fourth-order valence-electron chi connectivity index (χ4n) is 2.41. The van der Waals surface area contributed by atoms with Crippen molar-refractivity contribution in [2.75, 3.05) is 12.4 Å². The molecule has 1 aromatic carbocycles. The molecule has 6 nitrogen and oxygen atoms in total. The van der Waals surface area contributed by atoms with Crippen LogP contribution in [0.4, 0.5) is 5.95 Å². The average molecular weight is 270 g/mol. The zero-order valence-electron chi connectivity index (χ0n) is 11.2. The number of aromatic nitrogens is 3. The molecule has 0 bridgehead atoms. The topological polar surface area (TPSA) is 69.0 Å². The van der Waals surface area contributed by atoms with Gasteiger partial charge in [-0.15, -0.1) is 0 Å². The summed E-state index contributed by atoms with van der Waals surface area (Å²) in [6.45, 7) is 1.83. The number of hydrogen-bond donors (Lipinski definition) is 1. The Morgan fingerprint density at radius 3 is 2.80 bits per heavy atom. The van der Waals surface area contributed by atoms with Crippen LogP contribution in [0.15, 0.2) is 47.9 Å². The van der Waals surface area contributed by atoms with Crippen molar-refractivity contribution < 1.29 is 9.53 Å². The van der Waals surface area contributed by atoms with Crippen LogP contribution < -0.4 is 5.32 Å². The molecule has 0 saturated carbocycles. The zero-order valence-corrected chi connectivity index (χ0v) is 11.2. The van der Waals surface area contributed by atoms with E-state index in [4.69, 9.17) is 4.74 Å². The predicted molar refractivity (Wildman–Crippen MR) is 72.9 cm³/mol. The maximum atomic E-state index is 12.1. The molecule has 0 radical (unpaired) electrons. The minimum atomic E-state index is -0.370. The molecule has 2 heterocycles. The van der Waals surface area contributed by atoms with Crippen molar-refractivity contribution in [3.8, 4) is 0 Å². The number of carbonyl (C=O) groups excluding carboxylic acids is 1. The van der Waals surface area contributed by atoms with E-state index in [-0.39, 0.29) is 12.0 Å². The molecule has 3 rings (SSSR count). The molecule has 1 N–H and O–H groups in total. The highest BCUT2D eigenvalue weighted by Gasteiger charge is 2.33. The Bertz CT molecular complexity index is 675. The fourth-order valence-corrected chi connectivity index (χ4v) is 2.41. The maximum absolute atomic E-state index is 12.1. The lowest BCUT2D eigenvalue weighted by Gasteiger charge is -2.27. The Labute approximate surface area is 116 Å². The van der Waals surface area contributed by atoms with E-state index in [1.54, 1.807) is 4.68 Å². The van der Waals surface area contributed by atoms with Gasteiger partial charge in [0, 0.05) is 5.70 Å². The van der Waals surface area contributed by atoms with Gasteiger partial charge in [-0.25, -0.2) is 9.48 Å². The first kappa shape index (κ1) is 12.4. The quantitative estimate of drug-likeness (QED) is 0.842. The van der Waals surface area contributed by atoms with Crippen LogP contribution in [0, 0.1) is 0 Å². The van der Waals surface area contributed by atoms with E-state index in [0.29, 0.717) is 11.5 Å². The third kappa shape index (κ3) is 1.85. The van der Waals surface area contributed by atoms with E-state index < -0.39 is 0 Å². The molecule has 1 aliphatic heterocycles. The third-order valence-electron chi connectivity index (χ3n) is 3.32. The molecule has 1 atom stereocenters. The molecule has 0 fully saturated rings. The number of benzene rings is 1. The number of allylic oxidation sites excluding steroid dienone is 1. The van der Waals surface area contributed by atoms with Crippen molar-refractivity contribution in [1.82, 2.24) is 14.8 Å². The number of esters is 1. The molecule has 1 aliphatic rings. The third-order valence-corrected chi connectivity index (χ3v) is 3.32. The Hall–Kier alpha value is -2.63. The molecule has 0 spiro atoms. The number of fused-ring (bicyclic) bond motifs is 1. The Morgan fingerprint density at radius 1 is 1.35 bits per heavy atom. The molecular weight excluding hydrogens is 256 g/mol. The van der Waals surface area contributed by atoms with Gasteiger partial charge in [0.05, 0.1) is 12.7 Å². The van der Waals surface area contributed by atoms with E-state index in [0.717, 1.165) is 11.3 Å². The molecule has 0 amide bonds. The Morgan fingerprint density at radius 2 is 2.10 bits per heavy atom. The molecule has 6 heteroatoms. The first-order valence-corrected chi connectivity index (χ1v) is 6.23. The second-order valence-electron chi connectivity index (χ2n) is 4.50. The van der Waals surface area contributed by atoms with Crippen LogP contribution in [0.25, 0.3) is 0 Å². The van der Waals surface area contributed by atoms with E-state index in [1.807, 2.05) is 37.3 Å². The Balaban J connectivity index is 2.19. The van der Waals surface area contributed by atoms with E-state index >= 15 is 0 Å². The van der Waals surface area contributed by atoms with Gasteiger partial charge < -0.3 is 10.1 Å². The summed E-state index contributed by atoms with van der Waals surface area (Å²) in [5, 5.41) is 7.29. The van der Waals surface area contributed by atoms with Gasteiger partial charge in [0.2, 0.25) is 5.95 Å². The van der Waals surface area contributed by atoms with Gasteiger partial charge in [0.25, 0.3) is 0 Å². The standard InChI is InChI=1S/C14H14N4O2/c1-9-11(13(19)20-2)12(10-6-4-3-5-7-10)18-14(17-9)15-8-16-18/h3-8,12H,1-2H3,(H,15,16,17)/t12-/m1/s1. The monoisotopic (exact) mass is 270 g/mol. The van der Waals surface area contributed by atoms with Crippen molar-refractivity contribution in [2.24, 2.45) is 0 Å². The minimum Gasteiger partial charge on any atom is -0.466 e. The summed E-state index contributed by atoms with van der Waals surface area (Å²) in [6, 6.07) is 9.37. The molecule has 0 saturated heterocycles. The van der Waals surface area contributed by atoms with Crippen LogP contribution in [0.1, 0.15) is 18.5 Å². The summed E-state index contributed by atoms with van der Waals surface area (Å²) in [5.41, 5.74) is 2.23. The normalized spacial score (nSPS) is 17.4.